The minimum Gasteiger partial charge on any atom is -0.384 e. The van der Waals surface area contributed by atoms with Gasteiger partial charge in [0.25, 0.3) is 0 Å². The lowest BCUT2D eigenvalue weighted by Gasteiger charge is -2.34. The minimum atomic E-state index is -0.0611. The molecule has 1 aromatic heterocycles. The van der Waals surface area contributed by atoms with Crippen molar-refractivity contribution in [2.75, 3.05) is 19.7 Å². The van der Waals surface area contributed by atoms with Crippen molar-refractivity contribution in [2.24, 2.45) is 11.8 Å². The van der Waals surface area contributed by atoms with Crippen LogP contribution in [0.4, 0.5) is 0 Å². The Morgan fingerprint density at radius 3 is 2.72 bits per heavy atom. The first kappa shape index (κ1) is 13.6. The van der Waals surface area contributed by atoms with Crippen LogP contribution in [0.3, 0.4) is 0 Å². The van der Waals surface area contributed by atoms with Crippen LogP contribution in [0.2, 0.25) is 0 Å². The molecule has 2 unspecified atom stereocenters. The molecule has 98 valence electrons. The molecule has 2 atom stereocenters. The topological polar surface area (TPSA) is 23.5 Å². The number of rotatable bonds is 2. The summed E-state index contributed by atoms with van der Waals surface area (Å²) in [5, 5.41) is 8.68. The number of thiophene rings is 1. The summed E-state index contributed by atoms with van der Waals surface area (Å²) in [5.74, 6) is 7.28. The van der Waals surface area contributed by atoms with E-state index in [4.69, 9.17) is 5.11 Å². The van der Waals surface area contributed by atoms with Gasteiger partial charge in [0, 0.05) is 24.5 Å². The third kappa shape index (κ3) is 3.84. The molecule has 0 spiro atoms. The summed E-state index contributed by atoms with van der Waals surface area (Å²) in [6.07, 6.45) is 1.36. The molecule has 0 aromatic carbocycles. The molecule has 2 nitrogen and oxygen atoms in total. The van der Waals surface area contributed by atoms with Gasteiger partial charge in [-0.2, -0.15) is 0 Å². The Morgan fingerprint density at radius 1 is 1.33 bits per heavy atom. The van der Waals surface area contributed by atoms with Crippen LogP contribution < -0.4 is 0 Å². The van der Waals surface area contributed by atoms with Crippen molar-refractivity contribution in [2.45, 2.75) is 26.8 Å². The van der Waals surface area contributed by atoms with Crippen LogP contribution in [0, 0.1) is 23.7 Å². The zero-order valence-corrected chi connectivity index (χ0v) is 12.0. The maximum Gasteiger partial charge on any atom is 0.104 e. The standard InChI is InChI=1S/C15H21NOS/c1-12-8-13(2)10-16(9-12)11-15-6-5-14(18-15)4-3-7-17/h5-6,12-13,17H,7-11H2,1-2H3. The van der Waals surface area contributed by atoms with E-state index < -0.39 is 0 Å². The fraction of sp³-hybridized carbons (Fsp3) is 0.600. The number of hydrogen-bond donors (Lipinski definition) is 1. The highest BCUT2D eigenvalue weighted by molar-refractivity contribution is 7.12. The first-order valence-corrected chi connectivity index (χ1v) is 7.40. The molecule has 18 heavy (non-hydrogen) atoms. The second kappa shape index (κ2) is 6.38. The predicted octanol–water partition coefficient (Wildman–Crippen LogP) is 2.57. The summed E-state index contributed by atoms with van der Waals surface area (Å²) in [6, 6.07) is 4.22. The molecule has 2 heterocycles. The lowest BCUT2D eigenvalue weighted by Crippen LogP contribution is -2.37. The SMILES string of the molecule is CC1CC(C)CN(Cc2ccc(C#CCO)s2)C1. The number of aliphatic hydroxyl groups excluding tert-OH is 1. The van der Waals surface area contributed by atoms with Gasteiger partial charge < -0.3 is 5.11 Å². The van der Waals surface area contributed by atoms with E-state index >= 15 is 0 Å². The normalized spacial score (nSPS) is 24.6. The molecule has 1 fully saturated rings. The molecule has 1 N–H and O–H groups in total. The van der Waals surface area contributed by atoms with Gasteiger partial charge in [0.2, 0.25) is 0 Å². The van der Waals surface area contributed by atoms with Crippen LogP contribution >= 0.6 is 11.3 Å². The largest absolute Gasteiger partial charge is 0.384 e. The van der Waals surface area contributed by atoms with Crippen LogP contribution in [-0.4, -0.2) is 29.7 Å². The fourth-order valence-corrected chi connectivity index (χ4v) is 3.72. The van der Waals surface area contributed by atoms with Gasteiger partial charge in [-0.15, -0.1) is 11.3 Å². The summed E-state index contributed by atoms with van der Waals surface area (Å²) in [4.78, 5) is 4.98. The quantitative estimate of drug-likeness (QED) is 0.829. The van der Waals surface area contributed by atoms with Gasteiger partial charge in [-0.25, -0.2) is 0 Å². The average Bonchev–Trinajstić information content (AvgIpc) is 2.72. The molecular weight excluding hydrogens is 242 g/mol. The molecule has 1 saturated heterocycles. The van der Waals surface area contributed by atoms with Gasteiger partial charge in [0.1, 0.15) is 6.61 Å². The maximum atomic E-state index is 8.68. The Kier molecular flexibility index (Phi) is 4.82. The summed E-state index contributed by atoms with van der Waals surface area (Å²) < 4.78 is 0. The summed E-state index contributed by atoms with van der Waals surface area (Å²) in [7, 11) is 0. The summed E-state index contributed by atoms with van der Waals surface area (Å²) in [5.41, 5.74) is 0. The predicted molar refractivity (Wildman–Crippen MR) is 76.5 cm³/mol. The van der Waals surface area contributed by atoms with E-state index in [0.29, 0.717) is 0 Å². The molecule has 1 aliphatic heterocycles. The Labute approximate surface area is 114 Å². The van der Waals surface area contributed by atoms with Crippen LogP contribution in [0.15, 0.2) is 12.1 Å². The van der Waals surface area contributed by atoms with Crippen molar-refractivity contribution in [3.05, 3.63) is 21.9 Å². The Bertz CT molecular complexity index is 433. The molecule has 0 aliphatic carbocycles. The molecule has 1 aliphatic rings. The zero-order chi connectivity index (χ0) is 13.0. The second-order valence-corrected chi connectivity index (χ2v) is 6.53. The summed E-state index contributed by atoms with van der Waals surface area (Å²) >= 11 is 1.74. The number of aliphatic hydroxyl groups is 1. The highest BCUT2D eigenvalue weighted by Gasteiger charge is 2.21. The van der Waals surface area contributed by atoms with E-state index in [2.05, 4.69) is 42.7 Å². The van der Waals surface area contributed by atoms with Crippen molar-refractivity contribution < 1.29 is 5.11 Å². The number of hydrogen-bond acceptors (Lipinski definition) is 3. The van der Waals surface area contributed by atoms with Gasteiger partial charge in [0.05, 0.1) is 4.88 Å². The van der Waals surface area contributed by atoms with E-state index in [1.165, 1.54) is 24.4 Å². The Morgan fingerprint density at radius 2 is 2.06 bits per heavy atom. The van der Waals surface area contributed by atoms with Crippen molar-refractivity contribution >= 4 is 11.3 Å². The number of nitrogens with zero attached hydrogens (tertiary/aromatic N) is 1. The van der Waals surface area contributed by atoms with Gasteiger partial charge >= 0.3 is 0 Å². The minimum absolute atomic E-state index is 0.0611. The lowest BCUT2D eigenvalue weighted by molar-refractivity contribution is 0.135. The van der Waals surface area contributed by atoms with Crippen LogP contribution in [0.25, 0.3) is 0 Å². The highest BCUT2D eigenvalue weighted by atomic mass is 32.1. The maximum absolute atomic E-state index is 8.68. The van der Waals surface area contributed by atoms with Crippen LogP contribution in [0.5, 0.6) is 0 Å². The smallest absolute Gasteiger partial charge is 0.104 e. The van der Waals surface area contributed by atoms with Gasteiger partial charge in [-0.3, -0.25) is 4.90 Å². The molecule has 0 amide bonds. The number of piperidine rings is 1. The first-order valence-electron chi connectivity index (χ1n) is 6.58. The Hall–Kier alpha value is -0.820. The van der Waals surface area contributed by atoms with Crippen molar-refractivity contribution in [1.29, 1.82) is 0 Å². The third-order valence-electron chi connectivity index (χ3n) is 3.28. The summed E-state index contributed by atoms with van der Waals surface area (Å²) in [6.45, 7) is 8.08. The molecule has 2 rings (SSSR count). The van der Waals surface area contributed by atoms with Gasteiger partial charge in [-0.1, -0.05) is 25.7 Å². The molecule has 3 heteroatoms. The number of likely N-dealkylation sites (tertiary alicyclic amines) is 1. The van der Waals surface area contributed by atoms with Crippen molar-refractivity contribution in [3.63, 3.8) is 0 Å². The molecule has 1 aromatic rings. The fourth-order valence-electron chi connectivity index (χ4n) is 2.80. The van der Waals surface area contributed by atoms with Crippen LogP contribution in [0.1, 0.15) is 30.0 Å². The zero-order valence-electron chi connectivity index (χ0n) is 11.1. The van der Waals surface area contributed by atoms with E-state index in [1.807, 2.05) is 0 Å². The van der Waals surface area contributed by atoms with E-state index in [9.17, 15) is 0 Å². The highest BCUT2D eigenvalue weighted by Crippen LogP contribution is 2.24. The van der Waals surface area contributed by atoms with E-state index in [-0.39, 0.29) is 6.61 Å². The third-order valence-corrected chi connectivity index (χ3v) is 4.26. The lowest BCUT2D eigenvalue weighted by atomic mass is 9.92. The van der Waals surface area contributed by atoms with Crippen LogP contribution in [-0.2, 0) is 6.54 Å². The second-order valence-electron chi connectivity index (χ2n) is 5.37. The van der Waals surface area contributed by atoms with E-state index in [0.717, 1.165) is 23.3 Å². The Balaban J connectivity index is 1.94. The van der Waals surface area contributed by atoms with Gasteiger partial charge in [-0.05, 0) is 30.4 Å². The monoisotopic (exact) mass is 263 g/mol. The van der Waals surface area contributed by atoms with E-state index in [1.54, 1.807) is 11.3 Å². The van der Waals surface area contributed by atoms with Crippen molar-refractivity contribution in [1.82, 2.24) is 4.90 Å². The van der Waals surface area contributed by atoms with Gasteiger partial charge in [0.15, 0.2) is 0 Å². The molecular formula is C15H21NOS. The average molecular weight is 263 g/mol. The first-order chi connectivity index (χ1) is 8.67. The van der Waals surface area contributed by atoms with Crippen molar-refractivity contribution in [3.8, 4) is 11.8 Å². The molecule has 0 radical (unpaired) electrons. The molecule has 0 saturated carbocycles. The molecule has 0 bridgehead atoms.